The summed E-state index contributed by atoms with van der Waals surface area (Å²) in [4.78, 5) is 2.53. The molecule has 6 aromatic carbocycles. The summed E-state index contributed by atoms with van der Waals surface area (Å²) in [6.45, 7) is 9.49. The molecule has 2 nitrogen and oxygen atoms in total. The van der Waals surface area contributed by atoms with Gasteiger partial charge >= 0.3 is 0 Å². The number of rotatable bonds is 6. The normalized spacial score (nSPS) is 22.9. The summed E-state index contributed by atoms with van der Waals surface area (Å²) in [5.74, 6) is 0.702. The summed E-state index contributed by atoms with van der Waals surface area (Å²) in [5, 5.41) is 2.53. The molecule has 286 valence electrons. The van der Waals surface area contributed by atoms with Gasteiger partial charge < -0.3 is 9.47 Å². The fourth-order valence-corrected chi connectivity index (χ4v) is 11.6. The number of hydrogen-bond acceptors (Lipinski definition) is 1. The SMILES string of the molecule is C/C=C(\C1=C(C)C2(c3ccccc31)c1ccccc1C1C=CC=C[C@@]12C)N(c1ccc(-c2ccccc2)cc1)c1ccc2c(c1)c1ccccc1n2C1=CC=CCC1C. The molecule has 4 aliphatic carbocycles. The molecule has 3 unspecified atom stereocenters. The average Bonchev–Trinajstić information content (AvgIpc) is 3.84. The molecule has 0 N–H and O–H groups in total. The molecule has 59 heavy (non-hydrogen) atoms. The Kier molecular flexibility index (Phi) is 8.10. The van der Waals surface area contributed by atoms with Crippen LogP contribution in [0.3, 0.4) is 0 Å². The van der Waals surface area contributed by atoms with Gasteiger partial charge in [0.15, 0.2) is 0 Å². The predicted molar refractivity (Wildman–Crippen MR) is 250 cm³/mol. The van der Waals surface area contributed by atoms with Crippen molar-refractivity contribution >= 4 is 44.5 Å². The van der Waals surface area contributed by atoms with Crippen molar-refractivity contribution in [1.29, 1.82) is 0 Å². The summed E-state index contributed by atoms with van der Waals surface area (Å²) in [6.07, 6.45) is 19.7. The van der Waals surface area contributed by atoms with Crippen LogP contribution in [0.4, 0.5) is 11.4 Å². The van der Waals surface area contributed by atoms with Crippen LogP contribution in [0, 0.1) is 11.3 Å². The van der Waals surface area contributed by atoms with E-state index in [0.29, 0.717) is 5.92 Å². The van der Waals surface area contributed by atoms with E-state index in [1.54, 1.807) is 0 Å². The van der Waals surface area contributed by atoms with Crippen LogP contribution in [-0.2, 0) is 5.41 Å². The Morgan fingerprint density at radius 1 is 0.695 bits per heavy atom. The first-order valence-corrected chi connectivity index (χ1v) is 21.2. The van der Waals surface area contributed by atoms with Crippen molar-refractivity contribution in [3.05, 3.63) is 228 Å². The zero-order chi connectivity index (χ0) is 39.9. The van der Waals surface area contributed by atoms with Gasteiger partial charge in [0.25, 0.3) is 0 Å². The zero-order valence-corrected chi connectivity index (χ0v) is 34.2. The molecule has 11 rings (SSSR count). The van der Waals surface area contributed by atoms with Crippen molar-refractivity contribution < 1.29 is 0 Å². The fraction of sp³-hybridized carbons (Fsp3) is 0.158. The van der Waals surface area contributed by atoms with Crippen molar-refractivity contribution in [3.8, 4) is 11.1 Å². The van der Waals surface area contributed by atoms with E-state index < -0.39 is 0 Å². The molecule has 0 radical (unpaired) electrons. The average molecular weight is 761 g/mol. The van der Waals surface area contributed by atoms with Crippen molar-refractivity contribution in [3.63, 3.8) is 0 Å². The van der Waals surface area contributed by atoms with Crippen molar-refractivity contribution in [1.82, 2.24) is 4.57 Å². The number of benzene rings is 6. The van der Waals surface area contributed by atoms with E-state index in [9.17, 15) is 0 Å². The van der Waals surface area contributed by atoms with E-state index >= 15 is 0 Å². The third-order valence-electron chi connectivity index (χ3n) is 14.1. The van der Waals surface area contributed by atoms with Crippen LogP contribution in [0.1, 0.15) is 62.3 Å². The highest BCUT2D eigenvalue weighted by Crippen LogP contribution is 2.71. The lowest BCUT2D eigenvalue weighted by atomic mass is 9.56. The molecule has 1 heterocycles. The number of hydrogen-bond donors (Lipinski definition) is 0. The Bertz CT molecular complexity index is 3020. The summed E-state index contributed by atoms with van der Waals surface area (Å²) < 4.78 is 2.50. The largest absolute Gasteiger partial charge is 0.313 e. The molecule has 4 atom stereocenters. The van der Waals surface area contributed by atoms with Gasteiger partial charge in [-0.1, -0.05) is 166 Å². The highest BCUT2D eigenvalue weighted by atomic mass is 15.2. The molecule has 2 heteroatoms. The molecule has 1 aromatic heterocycles. The third kappa shape index (κ3) is 4.93. The van der Waals surface area contributed by atoms with E-state index in [1.165, 1.54) is 77.7 Å². The molecule has 0 saturated heterocycles. The molecule has 0 saturated carbocycles. The van der Waals surface area contributed by atoms with E-state index in [4.69, 9.17) is 0 Å². The summed E-state index contributed by atoms with van der Waals surface area (Å²) in [6, 6.07) is 54.4. The quantitative estimate of drug-likeness (QED) is 0.164. The van der Waals surface area contributed by atoms with Gasteiger partial charge in [0.1, 0.15) is 0 Å². The molecule has 0 aliphatic heterocycles. The topological polar surface area (TPSA) is 8.17 Å². The molecule has 7 aromatic rings. The highest BCUT2D eigenvalue weighted by molar-refractivity contribution is 6.11. The minimum Gasteiger partial charge on any atom is -0.313 e. The third-order valence-corrected chi connectivity index (χ3v) is 14.1. The van der Waals surface area contributed by atoms with E-state index in [1.807, 2.05) is 0 Å². The van der Waals surface area contributed by atoms with Gasteiger partial charge in [0.2, 0.25) is 0 Å². The highest BCUT2D eigenvalue weighted by Gasteiger charge is 2.63. The summed E-state index contributed by atoms with van der Waals surface area (Å²) in [7, 11) is 0. The Labute approximate surface area is 348 Å². The predicted octanol–water partition coefficient (Wildman–Crippen LogP) is 14.9. The van der Waals surface area contributed by atoms with Crippen LogP contribution >= 0.6 is 0 Å². The first-order chi connectivity index (χ1) is 29.0. The number of aromatic nitrogens is 1. The second-order valence-electron chi connectivity index (χ2n) is 17.0. The molecular weight excluding hydrogens is 713 g/mol. The van der Waals surface area contributed by atoms with Crippen LogP contribution in [0.15, 0.2) is 205 Å². The number of nitrogens with zero attached hydrogens (tertiary/aromatic N) is 2. The summed E-state index contributed by atoms with van der Waals surface area (Å²) in [5.41, 5.74) is 17.5. The maximum absolute atomic E-state index is 2.53. The zero-order valence-electron chi connectivity index (χ0n) is 34.2. The molecule has 0 bridgehead atoms. The van der Waals surface area contributed by atoms with Crippen LogP contribution in [-0.4, -0.2) is 4.57 Å². The standard InChI is InChI=1S/C57H48N2/c1-5-51(55-39(3)57(50-27-14-11-24-46(50)55)49-26-13-10-23-45(49)48-25-17-18-36-56(48,57)4)58(42-32-30-41(31-33-42)40-20-7-6-8-21-40)43-34-35-54-47(37-43)44-22-12-16-29-53(44)59(54)52-28-15-9-19-38(52)2/h5-18,20-38,48H,19H2,1-4H3/b51-5+/t38?,48?,56-,57?/m0/s1. The van der Waals surface area contributed by atoms with Crippen LogP contribution < -0.4 is 4.90 Å². The van der Waals surface area contributed by atoms with Crippen molar-refractivity contribution in [2.75, 3.05) is 4.90 Å². The number of allylic oxidation sites excluding steroid dienone is 11. The molecular formula is C57H48N2. The number of para-hydroxylation sites is 1. The van der Waals surface area contributed by atoms with E-state index in [-0.39, 0.29) is 16.7 Å². The minimum atomic E-state index is -0.339. The van der Waals surface area contributed by atoms with Gasteiger partial charge in [-0.15, -0.1) is 0 Å². The molecule has 0 fully saturated rings. The minimum absolute atomic E-state index is 0.185. The first kappa shape index (κ1) is 35.5. The monoisotopic (exact) mass is 760 g/mol. The van der Waals surface area contributed by atoms with Gasteiger partial charge in [-0.25, -0.2) is 0 Å². The van der Waals surface area contributed by atoms with E-state index in [0.717, 1.165) is 17.8 Å². The number of anilines is 2. The Morgan fingerprint density at radius 2 is 1.39 bits per heavy atom. The lowest BCUT2D eigenvalue weighted by Crippen LogP contribution is -2.42. The Morgan fingerprint density at radius 3 is 2.20 bits per heavy atom. The first-order valence-electron chi connectivity index (χ1n) is 21.2. The van der Waals surface area contributed by atoms with Crippen LogP contribution in [0.2, 0.25) is 0 Å². The van der Waals surface area contributed by atoms with Crippen LogP contribution in [0.25, 0.3) is 44.2 Å². The van der Waals surface area contributed by atoms with Crippen LogP contribution in [0.5, 0.6) is 0 Å². The van der Waals surface area contributed by atoms with Gasteiger partial charge in [-0.05, 0) is 102 Å². The van der Waals surface area contributed by atoms with Gasteiger partial charge in [-0.2, -0.15) is 0 Å². The van der Waals surface area contributed by atoms with Gasteiger partial charge in [0, 0.05) is 56.4 Å². The smallest absolute Gasteiger partial charge is 0.0539 e. The fourth-order valence-electron chi connectivity index (χ4n) is 11.6. The van der Waals surface area contributed by atoms with Gasteiger partial charge in [0.05, 0.1) is 16.4 Å². The lowest BCUT2D eigenvalue weighted by Gasteiger charge is -2.46. The van der Waals surface area contributed by atoms with E-state index in [2.05, 4.69) is 231 Å². The van der Waals surface area contributed by atoms with Gasteiger partial charge in [-0.3, -0.25) is 0 Å². The molecule has 1 spiro atoms. The summed E-state index contributed by atoms with van der Waals surface area (Å²) >= 11 is 0. The Balaban J connectivity index is 1.17. The molecule has 0 amide bonds. The van der Waals surface area contributed by atoms with Crippen molar-refractivity contribution in [2.45, 2.75) is 45.4 Å². The Hall–Kier alpha value is -6.64. The number of fused-ring (bicyclic) bond motifs is 10. The maximum atomic E-state index is 2.53. The maximum Gasteiger partial charge on any atom is 0.0539 e. The second kappa shape index (κ2) is 13.5. The lowest BCUT2D eigenvalue weighted by molar-refractivity contribution is 0.288. The second-order valence-corrected chi connectivity index (χ2v) is 17.0. The van der Waals surface area contributed by atoms with Crippen molar-refractivity contribution in [2.24, 2.45) is 11.3 Å². The molecule has 4 aliphatic rings.